The highest BCUT2D eigenvalue weighted by molar-refractivity contribution is 7.91. The number of sulfone groups is 1. The summed E-state index contributed by atoms with van der Waals surface area (Å²) in [5, 5.41) is 3.15. The molecule has 3 rings (SSSR count). The Balaban J connectivity index is 1.81. The second kappa shape index (κ2) is 7.59. The Morgan fingerprint density at radius 3 is 2.77 bits per heavy atom. The first kappa shape index (κ1) is 18.6. The van der Waals surface area contributed by atoms with E-state index >= 15 is 0 Å². The molecule has 1 aromatic heterocycles. The number of nitrogens with one attached hydrogen (secondary N) is 1. The molecule has 0 saturated carbocycles. The molecule has 1 aliphatic rings. The van der Waals surface area contributed by atoms with Crippen LogP contribution in [0.5, 0.6) is 0 Å². The number of halogens is 1. The van der Waals surface area contributed by atoms with E-state index in [0.29, 0.717) is 29.6 Å². The Bertz CT molecular complexity index is 920. The third-order valence-corrected chi connectivity index (χ3v) is 6.32. The van der Waals surface area contributed by atoms with Crippen LogP contribution in [0.25, 0.3) is 0 Å². The molecule has 138 valence electrons. The first-order valence-corrected chi connectivity index (χ1v) is 10.5. The second-order valence-corrected chi connectivity index (χ2v) is 8.65. The molecule has 7 nitrogen and oxygen atoms in total. The lowest BCUT2D eigenvalue weighted by molar-refractivity contribution is 0.102. The van der Waals surface area contributed by atoms with Gasteiger partial charge < -0.3 is 10.2 Å². The highest BCUT2D eigenvalue weighted by Gasteiger charge is 2.33. The number of nitrogens with zero attached hydrogens (tertiary/aromatic N) is 3. The van der Waals surface area contributed by atoms with E-state index in [1.165, 1.54) is 12.3 Å². The predicted molar refractivity (Wildman–Crippen MR) is 102 cm³/mol. The summed E-state index contributed by atoms with van der Waals surface area (Å²) in [6.07, 6.45) is 2.03. The van der Waals surface area contributed by atoms with Crippen LogP contribution < -0.4 is 10.2 Å². The molecule has 0 aliphatic carbocycles. The van der Waals surface area contributed by atoms with Crippen LogP contribution in [0.1, 0.15) is 23.8 Å². The van der Waals surface area contributed by atoms with Crippen LogP contribution in [-0.4, -0.2) is 48.4 Å². The van der Waals surface area contributed by atoms with Crippen LogP contribution in [0.2, 0.25) is 5.02 Å². The lowest BCUT2D eigenvalue weighted by Crippen LogP contribution is -2.37. The SMILES string of the molecule is CCN(c1nccc(C(=O)Nc2ccccc2Cl)n1)C1CCS(=O)(=O)C1. The smallest absolute Gasteiger partial charge is 0.274 e. The second-order valence-electron chi connectivity index (χ2n) is 6.02. The van der Waals surface area contributed by atoms with Gasteiger partial charge in [-0.3, -0.25) is 4.79 Å². The summed E-state index contributed by atoms with van der Waals surface area (Å²) in [5.74, 6) is 0.194. The monoisotopic (exact) mass is 394 g/mol. The average molecular weight is 395 g/mol. The quantitative estimate of drug-likeness (QED) is 0.837. The highest BCUT2D eigenvalue weighted by Crippen LogP contribution is 2.23. The molecule has 9 heteroatoms. The van der Waals surface area contributed by atoms with Gasteiger partial charge in [-0.1, -0.05) is 23.7 Å². The Morgan fingerprint density at radius 2 is 2.12 bits per heavy atom. The Morgan fingerprint density at radius 1 is 1.35 bits per heavy atom. The first-order valence-electron chi connectivity index (χ1n) is 8.25. The topological polar surface area (TPSA) is 92.3 Å². The molecule has 1 atom stereocenters. The zero-order valence-corrected chi connectivity index (χ0v) is 15.8. The van der Waals surface area contributed by atoms with Gasteiger partial charge in [-0.25, -0.2) is 18.4 Å². The first-order chi connectivity index (χ1) is 12.4. The Labute approximate surface area is 157 Å². The van der Waals surface area contributed by atoms with E-state index in [4.69, 9.17) is 11.6 Å². The average Bonchev–Trinajstić information content (AvgIpc) is 2.97. The number of amides is 1. The molecular formula is C17H19ClN4O3S. The van der Waals surface area contributed by atoms with Crippen molar-refractivity contribution in [1.82, 2.24) is 9.97 Å². The van der Waals surface area contributed by atoms with Crippen molar-refractivity contribution >= 4 is 39.0 Å². The molecule has 26 heavy (non-hydrogen) atoms. The fourth-order valence-electron chi connectivity index (χ4n) is 2.95. The molecule has 1 amide bonds. The van der Waals surface area contributed by atoms with E-state index in [2.05, 4.69) is 15.3 Å². The van der Waals surface area contributed by atoms with Gasteiger partial charge in [0.15, 0.2) is 9.84 Å². The third-order valence-electron chi connectivity index (χ3n) is 4.24. The maximum atomic E-state index is 12.5. The van der Waals surface area contributed by atoms with Crippen molar-refractivity contribution in [3.8, 4) is 0 Å². The van der Waals surface area contributed by atoms with Crippen LogP contribution in [0.15, 0.2) is 36.5 Å². The van der Waals surface area contributed by atoms with E-state index in [1.807, 2.05) is 11.8 Å². The van der Waals surface area contributed by atoms with Crippen molar-refractivity contribution in [3.05, 3.63) is 47.2 Å². The van der Waals surface area contributed by atoms with Crippen LogP contribution in [0.4, 0.5) is 11.6 Å². The lowest BCUT2D eigenvalue weighted by Gasteiger charge is -2.26. The van der Waals surface area contributed by atoms with E-state index in [9.17, 15) is 13.2 Å². The number of benzene rings is 1. The molecule has 1 N–H and O–H groups in total. The van der Waals surface area contributed by atoms with Gasteiger partial charge in [0, 0.05) is 18.8 Å². The number of para-hydroxylation sites is 1. The zero-order valence-electron chi connectivity index (χ0n) is 14.2. The molecule has 0 spiro atoms. The summed E-state index contributed by atoms with van der Waals surface area (Å²) in [4.78, 5) is 22.9. The zero-order chi connectivity index (χ0) is 18.7. The summed E-state index contributed by atoms with van der Waals surface area (Å²) >= 11 is 6.06. The number of carbonyl (C=O) groups is 1. The summed E-state index contributed by atoms with van der Waals surface area (Å²) in [7, 11) is -3.02. The Kier molecular flexibility index (Phi) is 5.43. The van der Waals surface area contributed by atoms with Crippen molar-refractivity contribution in [3.63, 3.8) is 0 Å². The molecule has 1 aromatic carbocycles. The maximum Gasteiger partial charge on any atom is 0.274 e. The number of anilines is 2. The van der Waals surface area contributed by atoms with Gasteiger partial charge in [0.1, 0.15) is 5.69 Å². The molecule has 2 aromatic rings. The van der Waals surface area contributed by atoms with Crippen LogP contribution in [0, 0.1) is 0 Å². The van der Waals surface area contributed by atoms with E-state index in [-0.39, 0.29) is 23.2 Å². The van der Waals surface area contributed by atoms with Gasteiger partial charge in [0.05, 0.1) is 22.2 Å². The van der Waals surface area contributed by atoms with E-state index in [1.54, 1.807) is 24.3 Å². The van der Waals surface area contributed by atoms with Crippen molar-refractivity contribution in [2.45, 2.75) is 19.4 Å². The molecule has 1 fully saturated rings. The Hall–Kier alpha value is -2.19. The molecule has 1 unspecified atom stereocenters. The van der Waals surface area contributed by atoms with Gasteiger partial charge in [-0.2, -0.15) is 0 Å². The molecule has 0 radical (unpaired) electrons. The fraction of sp³-hybridized carbons (Fsp3) is 0.353. The maximum absolute atomic E-state index is 12.5. The van der Waals surface area contributed by atoms with Gasteiger partial charge in [-0.15, -0.1) is 0 Å². The van der Waals surface area contributed by atoms with Crippen molar-refractivity contribution in [1.29, 1.82) is 0 Å². The van der Waals surface area contributed by atoms with Crippen molar-refractivity contribution < 1.29 is 13.2 Å². The van der Waals surface area contributed by atoms with E-state index < -0.39 is 15.7 Å². The van der Waals surface area contributed by atoms with Gasteiger partial charge in [0.25, 0.3) is 5.91 Å². The van der Waals surface area contributed by atoms with Crippen LogP contribution >= 0.6 is 11.6 Å². The molecular weight excluding hydrogens is 376 g/mol. The fourth-order valence-corrected chi connectivity index (χ4v) is 4.86. The van der Waals surface area contributed by atoms with Crippen LogP contribution in [-0.2, 0) is 9.84 Å². The molecule has 1 aliphatic heterocycles. The number of carbonyl (C=O) groups excluding carboxylic acids is 1. The number of aromatic nitrogens is 2. The summed E-state index contributed by atoms with van der Waals surface area (Å²) < 4.78 is 23.5. The number of hydrogen-bond acceptors (Lipinski definition) is 6. The predicted octanol–water partition coefficient (Wildman–Crippen LogP) is 2.40. The minimum Gasteiger partial charge on any atom is -0.337 e. The standard InChI is InChI=1S/C17H19ClN4O3S/c1-2-22(12-8-10-26(24,25)11-12)17-19-9-7-15(21-17)16(23)20-14-6-4-3-5-13(14)18/h3-7,9,12H,2,8,10-11H2,1H3,(H,20,23). The summed E-state index contributed by atoms with van der Waals surface area (Å²) in [6, 6.07) is 8.26. The molecule has 2 heterocycles. The van der Waals surface area contributed by atoms with Gasteiger partial charge in [0.2, 0.25) is 5.95 Å². The molecule has 1 saturated heterocycles. The number of hydrogen-bond donors (Lipinski definition) is 1. The minimum absolute atomic E-state index is 0.0836. The van der Waals surface area contributed by atoms with Crippen molar-refractivity contribution in [2.75, 3.05) is 28.3 Å². The minimum atomic E-state index is -3.02. The van der Waals surface area contributed by atoms with E-state index in [0.717, 1.165) is 0 Å². The normalized spacial score (nSPS) is 18.5. The summed E-state index contributed by atoms with van der Waals surface area (Å²) in [6.45, 7) is 2.46. The van der Waals surface area contributed by atoms with Gasteiger partial charge >= 0.3 is 0 Å². The van der Waals surface area contributed by atoms with Crippen LogP contribution in [0.3, 0.4) is 0 Å². The molecule has 0 bridgehead atoms. The third kappa shape index (κ3) is 4.13. The number of rotatable bonds is 5. The highest BCUT2D eigenvalue weighted by atomic mass is 35.5. The lowest BCUT2D eigenvalue weighted by atomic mass is 10.2. The summed E-state index contributed by atoms with van der Waals surface area (Å²) in [5.41, 5.74) is 0.683. The largest absolute Gasteiger partial charge is 0.337 e. The van der Waals surface area contributed by atoms with Gasteiger partial charge in [-0.05, 0) is 31.5 Å². The van der Waals surface area contributed by atoms with Crippen molar-refractivity contribution in [2.24, 2.45) is 0 Å².